The van der Waals surface area contributed by atoms with Gasteiger partial charge in [0, 0.05) is 31.5 Å². The van der Waals surface area contributed by atoms with Gasteiger partial charge >= 0.3 is 0 Å². The van der Waals surface area contributed by atoms with E-state index in [2.05, 4.69) is 34.4 Å². The van der Waals surface area contributed by atoms with Crippen molar-refractivity contribution in [2.75, 3.05) is 30.3 Å². The second-order valence-corrected chi connectivity index (χ2v) is 5.60. The Morgan fingerprint density at radius 3 is 2.68 bits per heavy atom. The Morgan fingerprint density at radius 2 is 2.05 bits per heavy atom. The lowest BCUT2D eigenvalue weighted by Crippen LogP contribution is -2.24. The van der Waals surface area contributed by atoms with Crippen LogP contribution in [0.25, 0.3) is 0 Å². The number of hydrogen-bond acceptors (Lipinski definition) is 5. The first-order valence-corrected chi connectivity index (χ1v) is 6.91. The molecule has 0 aromatic carbocycles. The summed E-state index contributed by atoms with van der Waals surface area (Å²) in [6.45, 7) is 10.3. The lowest BCUT2D eigenvalue weighted by Gasteiger charge is -2.25. The van der Waals surface area contributed by atoms with Gasteiger partial charge in [0.05, 0.1) is 0 Å². The van der Waals surface area contributed by atoms with Crippen molar-refractivity contribution < 1.29 is 5.11 Å². The summed E-state index contributed by atoms with van der Waals surface area (Å²) in [5.74, 6) is 1.53. The molecule has 0 aliphatic rings. The van der Waals surface area contributed by atoms with Crippen LogP contribution in [0.2, 0.25) is 0 Å². The van der Waals surface area contributed by atoms with E-state index in [0.717, 1.165) is 37.3 Å². The van der Waals surface area contributed by atoms with Crippen molar-refractivity contribution in [3.8, 4) is 0 Å². The van der Waals surface area contributed by atoms with E-state index in [4.69, 9.17) is 5.11 Å². The third-order valence-electron chi connectivity index (χ3n) is 3.05. The number of aliphatic hydroxyl groups is 1. The molecule has 19 heavy (non-hydrogen) atoms. The summed E-state index contributed by atoms with van der Waals surface area (Å²) >= 11 is 0. The van der Waals surface area contributed by atoms with Gasteiger partial charge in [0.25, 0.3) is 0 Å². The molecule has 0 saturated carbocycles. The number of nitrogens with zero attached hydrogens (tertiary/aromatic N) is 2. The van der Waals surface area contributed by atoms with Crippen LogP contribution in [0, 0.1) is 12.3 Å². The molecule has 5 heteroatoms. The van der Waals surface area contributed by atoms with Crippen LogP contribution in [0.1, 0.15) is 39.2 Å². The van der Waals surface area contributed by atoms with Crippen molar-refractivity contribution >= 4 is 11.8 Å². The number of aliphatic hydroxyl groups excluding tert-OH is 1. The van der Waals surface area contributed by atoms with Gasteiger partial charge in [-0.1, -0.05) is 13.8 Å². The molecule has 1 heterocycles. The van der Waals surface area contributed by atoms with E-state index in [9.17, 15) is 0 Å². The molecular weight excluding hydrogens is 240 g/mol. The number of anilines is 2. The highest BCUT2D eigenvalue weighted by atomic mass is 16.2. The van der Waals surface area contributed by atoms with Crippen LogP contribution >= 0.6 is 0 Å². The summed E-state index contributed by atoms with van der Waals surface area (Å²) in [7, 11) is 0. The molecule has 0 amide bonds. The fraction of sp³-hybridized carbons (Fsp3) is 0.714. The quantitative estimate of drug-likeness (QED) is 0.674. The first kappa shape index (κ1) is 15.7. The van der Waals surface area contributed by atoms with Gasteiger partial charge in [0.2, 0.25) is 5.95 Å². The third-order valence-corrected chi connectivity index (χ3v) is 3.05. The highest BCUT2D eigenvalue weighted by molar-refractivity contribution is 5.46. The van der Waals surface area contributed by atoms with Gasteiger partial charge in [-0.3, -0.25) is 0 Å². The van der Waals surface area contributed by atoms with Crippen LogP contribution in [0.4, 0.5) is 11.8 Å². The number of hydrogen-bond donors (Lipinski definition) is 3. The smallest absolute Gasteiger partial charge is 0.224 e. The SMILES string of the molecule is CCNc1ncc(C)c(NCC(C)(C)CCCO)n1. The first-order chi connectivity index (χ1) is 8.98. The normalized spacial score (nSPS) is 11.4. The molecule has 5 nitrogen and oxygen atoms in total. The fourth-order valence-corrected chi connectivity index (χ4v) is 1.83. The van der Waals surface area contributed by atoms with Crippen LogP contribution < -0.4 is 10.6 Å². The van der Waals surface area contributed by atoms with Gasteiger partial charge in [-0.15, -0.1) is 0 Å². The van der Waals surface area contributed by atoms with Crippen molar-refractivity contribution in [2.24, 2.45) is 5.41 Å². The average Bonchev–Trinajstić information content (AvgIpc) is 2.37. The van der Waals surface area contributed by atoms with E-state index >= 15 is 0 Å². The number of rotatable bonds is 8. The van der Waals surface area contributed by atoms with Crippen LogP contribution in [-0.4, -0.2) is 34.8 Å². The van der Waals surface area contributed by atoms with Crippen LogP contribution in [-0.2, 0) is 0 Å². The highest BCUT2D eigenvalue weighted by Gasteiger charge is 2.17. The van der Waals surface area contributed by atoms with Gasteiger partial charge in [-0.25, -0.2) is 4.98 Å². The number of aromatic nitrogens is 2. The molecule has 0 fully saturated rings. The summed E-state index contributed by atoms with van der Waals surface area (Å²) < 4.78 is 0. The van der Waals surface area contributed by atoms with E-state index in [-0.39, 0.29) is 12.0 Å². The molecule has 0 spiro atoms. The zero-order valence-corrected chi connectivity index (χ0v) is 12.5. The van der Waals surface area contributed by atoms with Gasteiger partial charge < -0.3 is 15.7 Å². The predicted molar refractivity (Wildman–Crippen MR) is 79.5 cm³/mol. The van der Waals surface area contributed by atoms with Gasteiger partial charge in [0.1, 0.15) is 5.82 Å². The minimum absolute atomic E-state index is 0.137. The second-order valence-electron chi connectivity index (χ2n) is 5.60. The van der Waals surface area contributed by atoms with E-state index in [1.54, 1.807) is 0 Å². The molecule has 0 bridgehead atoms. The lowest BCUT2D eigenvalue weighted by atomic mass is 9.88. The molecule has 108 valence electrons. The Labute approximate surface area is 115 Å². The second kappa shape index (κ2) is 7.28. The first-order valence-electron chi connectivity index (χ1n) is 6.91. The molecule has 0 atom stereocenters. The van der Waals surface area contributed by atoms with Crippen molar-refractivity contribution in [2.45, 2.75) is 40.5 Å². The molecule has 1 rings (SSSR count). The zero-order valence-electron chi connectivity index (χ0n) is 12.5. The molecule has 1 aromatic heterocycles. The summed E-state index contributed by atoms with van der Waals surface area (Å²) in [5.41, 5.74) is 1.18. The standard InChI is InChI=1S/C14H26N4O/c1-5-15-13-16-9-11(2)12(18-13)17-10-14(3,4)7-6-8-19/h9,19H,5-8,10H2,1-4H3,(H2,15,16,17,18). The Balaban J connectivity index is 2.63. The van der Waals surface area contributed by atoms with Crippen molar-refractivity contribution in [1.82, 2.24) is 9.97 Å². The average molecular weight is 266 g/mol. The fourth-order valence-electron chi connectivity index (χ4n) is 1.83. The molecule has 0 saturated heterocycles. The molecule has 1 aromatic rings. The van der Waals surface area contributed by atoms with Gasteiger partial charge in [0.15, 0.2) is 0 Å². The number of nitrogens with one attached hydrogen (secondary N) is 2. The van der Waals surface area contributed by atoms with E-state index in [1.807, 2.05) is 20.0 Å². The summed E-state index contributed by atoms with van der Waals surface area (Å²) in [6.07, 6.45) is 3.65. The van der Waals surface area contributed by atoms with Gasteiger partial charge in [-0.05, 0) is 32.1 Å². The van der Waals surface area contributed by atoms with E-state index in [1.165, 1.54) is 0 Å². The summed E-state index contributed by atoms with van der Waals surface area (Å²) in [6, 6.07) is 0. The third kappa shape index (κ3) is 5.42. The van der Waals surface area contributed by atoms with Crippen molar-refractivity contribution in [3.63, 3.8) is 0 Å². The Morgan fingerprint density at radius 1 is 1.32 bits per heavy atom. The predicted octanol–water partition coefficient (Wildman–Crippen LogP) is 2.43. The van der Waals surface area contributed by atoms with E-state index in [0.29, 0.717) is 5.95 Å². The molecule has 0 aliphatic carbocycles. The van der Waals surface area contributed by atoms with Crippen LogP contribution in [0.3, 0.4) is 0 Å². The zero-order chi connectivity index (χ0) is 14.3. The van der Waals surface area contributed by atoms with Gasteiger partial charge in [-0.2, -0.15) is 4.98 Å². The molecule has 0 aliphatic heterocycles. The Bertz CT molecular complexity index is 393. The van der Waals surface area contributed by atoms with E-state index < -0.39 is 0 Å². The van der Waals surface area contributed by atoms with Crippen LogP contribution in [0.15, 0.2) is 6.20 Å². The van der Waals surface area contributed by atoms with Crippen molar-refractivity contribution in [1.29, 1.82) is 0 Å². The lowest BCUT2D eigenvalue weighted by molar-refractivity contribution is 0.248. The largest absolute Gasteiger partial charge is 0.396 e. The maximum absolute atomic E-state index is 8.91. The molecule has 3 N–H and O–H groups in total. The topological polar surface area (TPSA) is 70.1 Å². The summed E-state index contributed by atoms with van der Waals surface area (Å²) in [4.78, 5) is 8.69. The van der Waals surface area contributed by atoms with Crippen molar-refractivity contribution in [3.05, 3.63) is 11.8 Å². The minimum Gasteiger partial charge on any atom is -0.396 e. The molecule has 0 radical (unpaired) electrons. The minimum atomic E-state index is 0.137. The molecule has 0 unspecified atom stereocenters. The summed E-state index contributed by atoms with van der Waals surface area (Å²) in [5, 5.41) is 15.4. The Hall–Kier alpha value is -1.36. The monoisotopic (exact) mass is 266 g/mol. The maximum atomic E-state index is 8.91. The highest BCUT2D eigenvalue weighted by Crippen LogP contribution is 2.23. The Kier molecular flexibility index (Phi) is 6.02. The maximum Gasteiger partial charge on any atom is 0.224 e. The number of aryl methyl sites for hydroxylation is 1. The van der Waals surface area contributed by atoms with Crippen LogP contribution in [0.5, 0.6) is 0 Å². The molecular formula is C14H26N4O.